The second-order valence-corrected chi connectivity index (χ2v) is 7.30. The smallest absolute Gasteiger partial charge is 0.207 e. The minimum absolute atomic E-state index is 0.474. The van der Waals surface area contributed by atoms with Crippen LogP contribution in [0, 0.1) is 0 Å². The molecule has 0 saturated heterocycles. The van der Waals surface area contributed by atoms with Crippen LogP contribution in [-0.4, -0.2) is 12.7 Å². The molecule has 0 amide bonds. The normalized spacial score (nSPS) is 15.3. The highest BCUT2D eigenvalue weighted by atomic mass is 32.2. The second kappa shape index (κ2) is 6.46. The van der Waals surface area contributed by atoms with Crippen molar-refractivity contribution in [3.8, 4) is 0 Å². The number of benzene rings is 2. The van der Waals surface area contributed by atoms with Gasteiger partial charge in [-0.2, -0.15) is 4.31 Å². The van der Waals surface area contributed by atoms with E-state index in [0.29, 0.717) is 13.1 Å². The Morgan fingerprint density at radius 3 is 2.14 bits per heavy atom. The number of nitrogens with zero attached hydrogens (tertiary/aromatic N) is 1. The molecule has 4 heteroatoms. The van der Waals surface area contributed by atoms with Gasteiger partial charge in [0, 0.05) is 18.5 Å². The zero-order chi connectivity index (χ0) is 15.4. The summed E-state index contributed by atoms with van der Waals surface area (Å²) in [6, 6.07) is 18.0. The molecule has 0 aromatic heterocycles. The maximum atomic E-state index is 12.4. The van der Waals surface area contributed by atoms with Crippen molar-refractivity contribution in [1.29, 1.82) is 0 Å². The van der Waals surface area contributed by atoms with Crippen molar-refractivity contribution in [2.75, 3.05) is 0 Å². The molecule has 3 rings (SSSR count). The fourth-order valence-electron chi connectivity index (χ4n) is 2.65. The molecule has 0 unspecified atom stereocenters. The highest BCUT2D eigenvalue weighted by Gasteiger charge is 2.26. The van der Waals surface area contributed by atoms with E-state index in [0.717, 1.165) is 24.0 Å². The van der Waals surface area contributed by atoms with Crippen LogP contribution in [0.15, 0.2) is 66.1 Å². The molecule has 0 atom stereocenters. The van der Waals surface area contributed by atoms with Crippen LogP contribution in [0.1, 0.15) is 23.1 Å². The number of fused-ring (bicyclic) bond motifs is 1. The predicted octanol–water partition coefficient (Wildman–Crippen LogP) is 3.48. The summed E-state index contributed by atoms with van der Waals surface area (Å²) in [6.45, 7) is 0.947. The molecule has 0 aliphatic carbocycles. The van der Waals surface area contributed by atoms with E-state index >= 15 is 0 Å². The quantitative estimate of drug-likeness (QED) is 0.847. The van der Waals surface area contributed by atoms with Crippen LogP contribution in [0.25, 0.3) is 0 Å². The summed E-state index contributed by atoms with van der Waals surface area (Å²) >= 11 is 0. The third-order valence-electron chi connectivity index (χ3n) is 3.88. The van der Waals surface area contributed by atoms with Gasteiger partial charge in [-0.3, -0.25) is 0 Å². The Bertz CT molecular complexity index is 742. The van der Waals surface area contributed by atoms with Gasteiger partial charge in [-0.05, 0) is 29.5 Å². The molecule has 3 nitrogen and oxygen atoms in total. The zero-order valence-corrected chi connectivity index (χ0v) is 13.2. The van der Waals surface area contributed by atoms with Crippen molar-refractivity contribution in [2.24, 2.45) is 0 Å². The number of hydrogen-bond acceptors (Lipinski definition) is 2. The molecule has 2 aromatic rings. The van der Waals surface area contributed by atoms with E-state index in [-0.39, 0.29) is 0 Å². The lowest BCUT2D eigenvalue weighted by molar-refractivity contribution is 0.439. The molecule has 0 radical (unpaired) electrons. The summed E-state index contributed by atoms with van der Waals surface area (Å²) in [7, 11) is -3.33. The predicted molar refractivity (Wildman–Crippen MR) is 88.5 cm³/mol. The summed E-state index contributed by atoms with van der Waals surface area (Å²) in [5, 5.41) is 1.35. The Morgan fingerprint density at radius 1 is 0.909 bits per heavy atom. The van der Waals surface area contributed by atoms with Gasteiger partial charge in [0.25, 0.3) is 0 Å². The van der Waals surface area contributed by atoms with Gasteiger partial charge < -0.3 is 0 Å². The van der Waals surface area contributed by atoms with Crippen molar-refractivity contribution >= 4 is 10.0 Å². The Hall–Kier alpha value is -1.91. The molecule has 0 spiro atoms. The molecule has 0 fully saturated rings. The number of allylic oxidation sites excluding steroid dienone is 1. The van der Waals surface area contributed by atoms with Crippen molar-refractivity contribution in [3.05, 3.63) is 82.8 Å². The number of sulfonamides is 1. The third-order valence-corrected chi connectivity index (χ3v) is 5.40. The van der Waals surface area contributed by atoms with Crippen LogP contribution >= 0.6 is 0 Å². The number of hydrogen-bond donors (Lipinski definition) is 0. The van der Waals surface area contributed by atoms with Gasteiger partial charge in [-0.15, -0.1) is 0 Å². The Morgan fingerprint density at radius 2 is 1.50 bits per heavy atom. The van der Waals surface area contributed by atoms with Gasteiger partial charge in [0.05, 0.1) is 0 Å². The third kappa shape index (κ3) is 3.46. The first-order valence-electron chi connectivity index (χ1n) is 7.42. The van der Waals surface area contributed by atoms with Crippen LogP contribution in [0.5, 0.6) is 0 Å². The molecule has 0 saturated carbocycles. The molecule has 1 aliphatic rings. The second-order valence-electron chi connectivity index (χ2n) is 5.48. The molecule has 1 aliphatic heterocycles. The van der Waals surface area contributed by atoms with Crippen molar-refractivity contribution in [2.45, 2.75) is 25.9 Å². The molecule has 2 aromatic carbocycles. The van der Waals surface area contributed by atoms with Crippen LogP contribution in [0.3, 0.4) is 0 Å². The highest BCUT2D eigenvalue weighted by molar-refractivity contribution is 7.92. The topological polar surface area (TPSA) is 37.4 Å². The van der Waals surface area contributed by atoms with Crippen LogP contribution in [-0.2, 0) is 29.5 Å². The van der Waals surface area contributed by atoms with Gasteiger partial charge in [0.2, 0.25) is 10.0 Å². The molecule has 114 valence electrons. The molecule has 1 heterocycles. The van der Waals surface area contributed by atoms with Gasteiger partial charge in [-0.1, -0.05) is 60.7 Å². The summed E-state index contributed by atoms with van der Waals surface area (Å²) < 4.78 is 26.2. The maximum absolute atomic E-state index is 12.4. The minimum atomic E-state index is -3.33. The van der Waals surface area contributed by atoms with Gasteiger partial charge in [0.15, 0.2) is 0 Å². The molecular formula is C18H19NO2S. The molecule has 0 bridgehead atoms. The Kier molecular flexibility index (Phi) is 4.41. The Labute approximate surface area is 132 Å². The fraction of sp³-hybridized carbons (Fsp3) is 0.222. The monoisotopic (exact) mass is 313 g/mol. The van der Waals surface area contributed by atoms with E-state index in [1.807, 2.05) is 42.5 Å². The van der Waals surface area contributed by atoms with Crippen molar-refractivity contribution in [3.63, 3.8) is 0 Å². The Balaban J connectivity index is 1.59. The van der Waals surface area contributed by atoms with E-state index in [1.165, 1.54) is 15.3 Å². The van der Waals surface area contributed by atoms with Gasteiger partial charge in [-0.25, -0.2) is 8.42 Å². The molecule has 22 heavy (non-hydrogen) atoms. The van der Waals surface area contributed by atoms with E-state index in [1.54, 1.807) is 6.08 Å². The average molecular weight is 313 g/mol. The highest BCUT2D eigenvalue weighted by Crippen LogP contribution is 2.25. The largest absolute Gasteiger partial charge is 0.236 e. The number of aryl methyl sites for hydroxylation is 1. The minimum Gasteiger partial charge on any atom is -0.207 e. The summed E-state index contributed by atoms with van der Waals surface area (Å²) in [5.41, 5.74) is 3.42. The van der Waals surface area contributed by atoms with E-state index in [4.69, 9.17) is 0 Å². The first-order valence-corrected chi connectivity index (χ1v) is 8.93. The van der Waals surface area contributed by atoms with Crippen LogP contribution in [0.4, 0.5) is 0 Å². The zero-order valence-electron chi connectivity index (χ0n) is 12.4. The molecule has 0 N–H and O–H groups in total. The van der Waals surface area contributed by atoms with Gasteiger partial charge >= 0.3 is 0 Å². The van der Waals surface area contributed by atoms with E-state index in [2.05, 4.69) is 12.1 Å². The lowest BCUT2D eigenvalue weighted by atomic mass is 10.1. The van der Waals surface area contributed by atoms with Crippen LogP contribution in [0.2, 0.25) is 0 Å². The van der Waals surface area contributed by atoms with Crippen LogP contribution < -0.4 is 0 Å². The summed E-state index contributed by atoms with van der Waals surface area (Å²) in [4.78, 5) is 0. The first-order chi connectivity index (χ1) is 10.6. The number of rotatable bonds is 5. The standard InChI is InChI=1S/C18H19NO2S/c20-22(21,13-7-6-10-16-8-2-1-3-9-16)19-14-17-11-4-5-12-18(17)15-19/h1-5,7-9,11-13H,6,10,14-15H2/b13-7+. The lowest BCUT2D eigenvalue weighted by Crippen LogP contribution is -2.23. The average Bonchev–Trinajstić information content (AvgIpc) is 2.98. The summed E-state index contributed by atoms with van der Waals surface area (Å²) in [5.74, 6) is 0. The van der Waals surface area contributed by atoms with E-state index in [9.17, 15) is 8.42 Å². The summed E-state index contributed by atoms with van der Waals surface area (Å²) in [6.07, 6.45) is 3.34. The fourth-order valence-corrected chi connectivity index (χ4v) is 3.84. The lowest BCUT2D eigenvalue weighted by Gasteiger charge is -2.12. The SMILES string of the molecule is O=S(=O)(/C=C/CCc1ccccc1)N1Cc2ccccc2C1. The maximum Gasteiger partial charge on any atom is 0.236 e. The van der Waals surface area contributed by atoms with Crippen molar-refractivity contribution < 1.29 is 8.42 Å². The van der Waals surface area contributed by atoms with Crippen molar-refractivity contribution in [1.82, 2.24) is 4.31 Å². The molecular weight excluding hydrogens is 294 g/mol. The van der Waals surface area contributed by atoms with E-state index < -0.39 is 10.0 Å². The first kappa shape index (κ1) is 15.0. The van der Waals surface area contributed by atoms with Gasteiger partial charge in [0.1, 0.15) is 0 Å².